The molecule has 0 N–H and O–H groups in total. The van der Waals surface area contributed by atoms with Crippen LogP contribution in [0.1, 0.15) is 18.9 Å². The van der Waals surface area contributed by atoms with E-state index in [1.165, 1.54) is 36.2 Å². The third kappa shape index (κ3) is 4.96. The highest BCUT2D eigenvalue weighted by Crippen LogP contribution is 2.32. The van der Waals surface area contributed by atoms with E-state index in [1.54, 1.807) is 18.2 Å². The SMILES string of the molecule is CCCOc1ccc(-n2ccnc(Sc3ccc(C(F)(F)F)cc3)c2=O)cc1OC. The number of alkyl halides is 3. The number of rotatable bonds is 7. The lowest BCUT2D eigenvalue weighted by Gasteiger charge is -2.13. The predicted molar refractivity (Wildman–Crippen MR) is 108 cm³/mol. The monoisotopic (exact) mass is 436 g/mol. The molecule has 0 unspecified atom stereocenters. The average molecular weight is 436 g/mol. The van der Waals surface area contributed by atoms with Gasteiger partial charge in [-0.25, -0.2) is 4.98 Å². The second-order valence-electron chi connectivity index (χ2n) is 6.22. The third-order valence-corrected chi connectivity index (χ3v) is 5.07. The van der Waals surface area contributed by atoms with Crippen LogP contribution in [0.4, 0.5) is 13.2 Å². The topological polar surface area (TPSA) is 53.4 Å². The molecule has 0 bridgehead atoms. The van der Waals surface area contributed by atoms with Crippen molar-refractivity contribution in [1.82, 2.24) is 9.55 Å². The van der Waals surface area contributed by atoms with Crippen molar-refractivity contribution in [2.24, 2.45) is 0 Å². The first-order chi connectivity index (χ1) is 14.3. The normalized spacial score (nSPS) is 11.4. The van der Waals surface area contributed by atoms with Crippen molar-refractivity contribution in [2.75, 3.05) is 13.7 Å². The van der Waals surface area contributed by atoms with Gasteiger partial charge >= 0.3 is 6.18 Å². The summed E-state index contributed by atoms with van der Waals surface area (Å²) in [7, 11) is 1.51. The smallest absolute Gasteiger partial charge is 0.416 e. The zero-order valence-corrected chi connectivity index (χ0v) is 17.1. The van der Waals surface area contributed by atoms with Gasteiger partial charge in [0, 0.05) is 23.4 Å². The van der Waals surface area contributed by atoms with Gasteiger partial charge in [-0.3, -0.25) is 9.36 Å². The summed E-state index contributed by atoms with van der Waals surface area (Å²) in [6.07, 6.45) is -0.589. The van der Waals surface area contributed by atoms with E-state index in [4.69, 9.17) is 9.47 Å². The molecule has 0 saturated carbocycles. The second-order valence-corrected chi connectivity index (χ2v) is 7.28. The Balaban J connectivity index is 1.89. The molecule has 0 radical (unpaired) electrons. The van der Waals surface area contributed by atoms with E-state index in [9.17, 15) is 18.0 Å². The minimum absolute atomic E-state index is 0.141. The molecular formula is C21H19F3N2O3S. The van der Waals surface area contributed by atoms with Gasteiger partial charge < -0.3 is 9.47 Å². The molecule has 0 aliphatic carbocycles. The number of benzene rings is 2. The number of ether oxygens (including phenoxy) is 2. The number of methoxy groups -OCH3 is 1. The summed E-state index contributed by atoms with van der Waals surface area (Å²) >= 11 is 0.999. The van der Waals surface area contributed by atoms with Crippen molar-refractivity contribution in [3.63, 3.8) is 0 Å². The van der Waals surface area contributed by atoms with Crippen molar-refractivity contribution in [1.29, 1.82) is 0 Å². The Labute approximate surface area is 175 Å². The Morgan fingerprint density at radius 3 is 2.47 bits per heavy atom. The highest BCUT2D eigenvalue weighted by molar-refractivity contribution is 7.99. The number of hydrogen-bond acceptors (Lipinski definition) is 5. The fourth-order valence-electron chi connectivity index (χ4n) is 2.63. The number of nitrogens with zero attached hydrogens (tertiary/aromatic N) is 2. The van der Waals surface area contributed by atoms with Gasteiger partial charge in [-0.1, -0.05) is 18.7 Å². The third-order valence-electron chi connectivity index (χ3n) is 4.09. The minimum atomic E-state index is -4.41. The van der Waals surface area contributed by atoms with E-state index in [2.05, 4.69) is 4.98 Å². The molecule has 0 aliphatic heterocycles. The summed E-state index contributed by atoms with van der Waals surface area (Å²) < 4.78 is 50.5. The molecule has 0 atom stereocenters. The molecule has 5 nitrogen and oxygen atoms in total. The Bertz CT molecular complexity index is 1070. The van der Waals surface area contributed by atoms with Crippen molar-refractivity contribution in [3.8, 4) is 17.2 Å². The van der Waals surface area contributed by atoms with E-state index >= 15 is 0 Å². The van der Waals surface area contributed by atoms with Crippen LogP contribution in [-0.4, -0.2) is 23.3 Å². The van der Waals surface area contributed by atoms with Crippen LogP contribution >= 0.6 is 11.8 Å². The Hall–Kier alpha value is -2.94. The molecule has 0 aliphatic rings. The van der Waals surface area contributed by atoms with Crippen molar-refractivity contribution in [2.45, 2.75) is 29.4 Å². The first kappa shape index (κ1) is 21.8. The molecule has 30 heavy (non-hydrogen) atoms. The van der Waals surface area contributed by atoms with E-state index < -0.39 is 17.3 Å². The van der Waals surface area contributed by atoms with E-state index in [1.807, 2.05) is 6.92 Å². The molecule has 0 saturated heterocycles. The molecule has 1 heterocycles. The maximum absolute atomic E-state index is 12.9. The van der Waals surface area contributed by atoms with Crippen LogP contribution in [0.3, 0.4) is 0 Å². The molecule has 2 aromatic carbocycles. The van der Waals surface area contributed by atoms with Crippen LogP contribution in [0.15, 0.2) is 69.6 Å². The summed E-state index contributed by atoms with van der Waals surface area (Å²) in [6.45, 7) is 2.53. The quantitative estimate of drug-likeness (QED) is 0.510. The van der Waals surface area contributed by atoms with Crippen molar-refractivity contribution in [3.05, 3.63) is 70.8 Å². The van der Waals surface area contributed by atoms with Gasteiger partial charge in [0.1, 0.15) is 0 Å². The van der Waals surface area contributed by atoms with E-state index in [-0.39, 0.29) is 5.03 Å². The molecule has 3 rings (SSSR count). The van der Waals surface area contributed by atoms with Crippen LogP contribution in [-0.2, 0) is 6.18 Å². The molecule has 0 fully saturated rings. The van der Waals surface area contributed by atoms with Gasteiger partial charge in [0.05, 0.1) is 25.0 Å². The van der Waals surface area contributed by atoms with Crippen LogP contribution < -0.4 is 15.0 Å². The molecule has 0 spiro atoms. The van der Waals surface area contributed by atoms with Gasteiger partial charge in [0.15, 0.2) is 16.5 Å². The maximum Gasteiger partial charge on any atom is 0.416 e. The standard InChI is InChI=1S/C21H19F3N2O3S/c1-3-12-29-17-9-6-15(13-18(17)28-2)26-11-10-25-19(20(26)27)30-16-7-4-14(5-8-16)21(22,23)24/h4-11,13H,3,12H2,1-2H3. The lowest BCUT2D eigenvalue weighted by molar-refractivity contribution is -0.137. The van der Waals surface area contributed by atoms with E-state index in [0.29, 0.717) is 28.7 Å². The molecule has 0 amide bonds. The number of halogens is 3. The number of aromatic nitrogens is 2. The average Bonchev–Trinajstić information content (AvgIpc) is 2.73. The van der Waals surface area contributed by atoms with Crippen molar-refractivity contribution >= 4 is 11.8 Å². The maximum atomic E-state index is 12.9. The van der Waals surface area contributed by atoms with Gasteiger partial charge in [-0.05, 0) is 42.8 Å². The molecule has 1 aromatic heterocycles. The minimum Gasteiger partial charge on any atom is -0.493 e. The van der Waals surface area contributed by atoms with Crippen molar-refractivity contribution < 1.29 is 22.6 Å². The second kappa shape index (κ2) is 9.25. The highest BCUT2D eigenvalue weighted by Gasteiger charge is 2.30. The lowest BCUT2D eigenvalue weighted by atomic mass is 10.2. The first-order valence-electron chi connectivity index (χ1n) is 9.07. The largest absolute Gasteiger partial charge is 0.493 e. The Kier molecular flexibility index (Phi) is 6.71. The van der Waals surface area contributed by atoms with Gasteiger partial charge in [-0.15, -0.1) is 0 Å². The fourth-order valence-corrected chi connectivity index (χ4v) is 3.42. The number of hydrogen-bond donors (Lipinski definition) is 0. The van der Waals surface area contributed by atoms with Crippen LogP contribution in [0, 0.1) is 0 Å². The highest BCUT2D eigenvalue weighted by atomic mass is 32.2. The zero-order chi connectivity index (χ0) is 21.7. The Morgan fingerprint density at radius 2 is 1.83 bits per heavy atom. The summed E-state index contributed by atoms with van der Waals surface area (Å²) in [6, 6.07) is 9.71. The summed E-state index contributed by atoms with van der Waals surface area (Å²) in [5, 5.41) is 0.141. The first-order valence-corrected chi connectivity index (χ1v) is 9.89. The van der Waals surface area contributed by atoms with Crippen LogP contribution in [0.2, 0.25) is 0 Å². The zero-order valence-electron chi connectivity index (χ0n) is 16.3. The molecule has 158 valence electrons. The lowest BCUT2D eigenvalue weighted by Crippen LogP contribution is -2.20. The van der Waals surface area contributed by atoms with Gasteiger partial charge in [0.25, 0.3) is 5.56 Å². The predicted octanol–water partition coefficient (Wildman–Crippen LogP) is 5.20. The summed E-state index contributed by atoms with van der Waals surface area (Å²) in [5.41, 5.74) is -0.591. The molecule has 9 heteroatoms. The molecule has 3 aromatic rings. The summed E-state index contributed by atoms with van der Waals surface area (Å²) in [4.78, 5) is 17.4. The van der Waals surface area contributed by atoms with Crippen LogP contribution in [0.5, 0.6) is 11.5 Å². The van der Waals surface area contributed by atoms with Gasteiger partial charge in [-0.2, -0.15) is 13.2 Å². The van der Waals surface area contributed by atoms with Crippen LogP contribution in [0.25, 0.3) is 5.69 Å². The van der Waals surface area contributed by atoms with E-state index in [0.717, 1.165) is 30.3 Å². The summed E-state index contributed by atoms with van der Waals surface area (Å²) in [5.74, 6) is 1.06. The molecular weight excluding hydrogens is 417 g/mol. The van der Waals surface area contributed by atoms with Gasteiger partial charge in [0.2, 0.25) is 0 Å². The Morgan fingerprint density at radius 1 is 1.10 bits per heavy atom. The fraction of sp³-hybridized carbons (Fsp3) is 0.238.